The van der Waals surface area contributed by atoms with Crippen LogP contribution in [-0.4, -0.2) is 11.7 Å². The maximum absolute atomic E-state index is 10.7. The van der Waals surface area contributed by atoms with Gasteiger partial charge in [0.1, 0.15) is 6.10 Å². The van der Waals surface area contributed by atoms with Gasteiger partial charge in [0, 0.05) is 17.8 Å². The lowest BCUT2D eigenvalue weighted by Crippen LogP contribution is -2.04. The first kappa shape index (κ1) is 12.2. The Morgan fingerprint density at radius 3 is 2.58 bits per heavy atom. The molecule has 3 rings (SSSR count). The van der Waals surface area contributed by atoms with Crippen LogP contribution in [0.5, 0.6) is 0 Å². The highest BCUT2D eigenvalue weighted by Gasteiger charge is 2.20. The van der Waals surface area contributed by atoms with E-state index in [1.54, 1.807) is 0 Å². The number of aliphatic hydroxyl groups excluding tert-OH is 1. The summed E-state index contributed by atoms with van der Waals surface area (Å²) in [5, 5.41) is 14.1. The highest BCUT2D eigenvalue weighted by Crippen LogP contribution is 2.34. The van der Waals surface area contributed by atoms with E-state index in [0.717, 1.165) is 29.8 Å². The molecule has 98 valence electrons. The van der Waals surface area contributed by atoms with Crippen molar-refractivity contribution in [1.82, 2.24) is 0 Å². The molecule has 1 aliphatic heterocycles. The monoisotopic (exact) mass is 253 g/mol. The third-order valence-corrected chi connectivity index (χ3v) is 3.73. The van der Waals surface area contributed by atoms with Crippen LogP contribution in [0, 0.1) is 13.8 Å². The molecule has 0 radical (unpaired) electrons. The minimum Gasteiger partial charge on any atom is -0.384 e. The lowest BCUT2D eigenvalue weighted by Gasteiger charge is -2.17. The van der Waals surface area contributed by atoms with E-state index in [2.05, 4.69) is 43.4 Å². The van der Waals surface area contributed by atoms with Crippen molar-refractivity contribution in [2.45, 2.75) is 26.4 Å². The number of para-hydroxylation sites is 1. The highest BCUT2D eigenvalue weighted by atomic mass is 16.3. The number of fused-ring (bicyclic) bond motifs is 1. The summed E-state index contributed by atoms with van der Waals surface area (Å²) in [7, 11) is 0. The molecule has 0 aliphatic carbocycles. The van der Waals surface area contributed by atoms with E-state index in [-0.39, 0.29) is 0 Å². The van der Waals surface area contributed by atoms with Gasteiger partial charge in [-0.1, -0.05) is 47.5 Å². The second kappa shape index (κ2) is 4.71. The number of benzene rings is 2. The van der Waals surface area contributed by atoms with E-state index in [9.17, 15) is 5.11 Å². The third kappa shape index (κ3) is 2.24. The van der Waals surface area contributed by atoms with Crippen LogP contribution >= 0.6 is 0 Å². The largest absolute Gasteiger partial charge is 0.384 e. The van der Waals surface area contributed by atoms with Crippen molar-refractivity contribution < 1.29 is 5.11 Å². The summed E-state index contributed by atoms with van der Waals surface area (Å²) in [6.45, 7) is 5.10. The molecule has 19 heavy (non-hydrogen) atoms. The number of aliphatic hydroxyl groups is 1. The summed E-state index contributed by atoms with van der Waals surface area (Å²) >= 11 is 0. The second-order valence-corrected chi connectivity index (χ2v) is 5.38. The van der Waals surface area contributed by atoms with Gasteiger partial charge < -0.3 is 10.4 Å². The van der Waals surface area contributed by atoms with Crippen molar-refractivity contribution >= 4 is 5.69 Å². The maximum Gasteiger partial charge on any atom is 0.106 e. The molecule has 0 saturated carbocycles. The summed E-state index contributed by atoms with van der Waals surface area (Å²) in [6, 6.07) is 12.4. The van der Waals surface area contributed by atoms with E-state index < -0.39 is 6.10 Å². The minimum absolute atomic E-state index is 0.556. The highest BCUT2D eigenvalue weighted by molar-refractivity contribution is 5.63. The topological polar surface area (TPSA) is 32.3 Å². The molecular weight excluding hydrogens is 234 g/mol. The summed E-state index contributed by atoms with van der Waals surface area (Å²) in [4.78, 5) is 0. The summed E-state index contributed by atoms with van der Waals surface area (Å²) in [5.41, 5.74) is 6.76. The van der Waals surface area contributed by atoms with Crippen molar-refractivity contribution in [3.05, 3.63) is 64.2 Å². The molecule has 0 spiro atoms. The van der Waals surface area contributed by atoms with Crippen molar-refractivity contribution in [3.63, 3.8) is 0 Å². The lowest BCUT2D eigenvalue weighted by molar-refractivity contribution is 0.221. The predicted molar refractivity (Wildman–Crippen MR) is 78.6 cm³/mol. The van der Waals surface area contributed by atoms with Gasteiger partial charge in [-0.2, -0.15) is 0 Å². The second-order valence-electron chi connectivity index (χ2n) is 5.38. The van der Waals surface area contributed by atoms with Gasteiger partial charge in [0.2, 0.25) is 0 Å². The minimum atomic E-state index is -0.556. The van der Waals surface area contributed by atoms with Crippen LogP contribution < -0.4 is 5.32 Å². The Morgan fingerprint density at radius 1 is 1.11 bits per heavy atom. The van der Waals surface area contributed by atoms with Crippen molar-refractivity contribution in [2.75, 3.05) is 11.9 Å². The lowest BCUT2D eigenvalue weighted by atomic mass is 9.95. The zero-order valence-electron chi connectivity index (χ0n) is 11.4. The normalized spacial score (nSPS) is 14.9. The van der Waals surface area contributed by atoms with E-state index in [0.29, 0.717) is 0 Å². The van der Waals surface area contributed by atoms with Gasteiger partial charge in [0.25, 0.3) is 0 Å². The molecule has 1 heterocycles. The van der Waals surface area contributed by atoms with Crippen molar-refractivity contribution in [1.29, 1.82) is 0 Å². The molecule has 1 aliphatic rings. The summed E-state index contributed by atoms with van der Waals surface area (Å²) in [5.74, 6) is 0. The number of rotatable bonds is 2. The zero-order valence-corrected chi connectivity index (χ0v) is 11.4. The molecule has 1 atom stereocenters. The smallest absolute Gasteiger partial charge is 0.106 e. The Bertz CT molecular complexity index is 598. The average molecular weight is 253 g/mol. The Labute approximate surface area is 114 Å². The third-order valence-electron chi connectivity index (χ3n) is 3.73. The average Bonchev–Trinajstić information content (AvgIpc) is 2.84. The maximum atomic E-state index is 10.7. The molecule has 1 unspecified atom stereocenters. The summed E-state index contributed by atoms with van der Waals surface area (Å²) < 4.78 is 0. The van der Waals surface area contributed by atoms with Crippen LogP contribution in [0.15, 0.2) is 36.4 Å². The number of anilines is 1. The molecule has 0 fully saturated rings. The van der Waals surface area contributed by atoms with Gasteiger partial charge in [-0.05, 0) is 31.4 Å². The van der Waals surface area contributed by atoms with Gasteiger partial charge in [-0.15, -0.1) is 0 Å². The van der Waals surface area contributed by atoms with Crippen LogP contribution in [0.4, 0.5) is 5.69 Å². The number of hydrogen-bond donors (Lipinski definition) is 2. The molecule has 2 aromatic rings. The standard InChI is InChI=1S/C17H19NO/c1-11-8-12(2)10-14(9-11)17(19)15-5-3-4-13-6-7-18-16(13)15/h3-5,8-10,17-19H,6-7H2,1-2H3. The van der Waals surface area contributed by atoms with Gasteiger partial charge in [0.05, 0.1) is 0 Å². The van der Waals surface area contributed by atoms with Crippen molar-refractivity contribution in [3.8, 4) is 0 Å². The van der Waals surface area contributed by atoms with Gasteiger partial charge in [-0.25, -0.2) is 0 Å². The Hall–Kier alpha value is -1.80. The number of hydrogen-bond acceptors (Lipinski definition) is 2. The molecule has 2 N–H and O–H groups in total. The first-order valence-corrected chi connectivity index (χ1v) is 6.77. The Kier molecular flexibility index (Phi) is 3.03. The number of nitrogens with one attached hydrogen (secondary N) is 1. The van der Waals surface area contributed by atoms with Gasteiger partial charge in [0.15, 0.2) is 0 Å². The van der Waals surface area contributed by atoms with E-state index in [1.807, 2.05) is 12.1 Å². The van der Waals surface area contributed by atoms with Crippen LogP contribution in [0.1, 0.15) is 33.9 Å². The van der Waals surface area contributed by atoms with Gasteiger partial charge in [-0.3, -0.25) is 0 Å². The van der Waals surface area contributed by atoms with Crippen LogP contribution in [-0.2, 0) is 6.42 Å². The van der Waals surface area contributed by atoms with Crippen LogP contribution in [0.3, 0.4) is 0 Å². The van der Waals surface area contributed by atoms with Crippen LogP contribution in [0.2, 0.25) is 0 Å². The quantitative estimate of drug-likeness (QED) is 0.860. The molecule has 0 amide bonds. The van der Waals surface area contributed by atoms with E-state index >= 15 is 0 Å². The van der Waals surface area contributed by atoms with E-state index in [4.69, 9.17) is 0 Å². The summed E-state index contributed by atoms with van der Waals surface area (Å²) in [6.07, 6.45) is 0.488. The fraction of sp³-hybridized carbons (Fsp3) is 0.294. The molecule has 2 aromatic carbocycles. The van der Waals surface area contributed by atoms with Crippen molar-refractivity contribution in [2.24, 2.45) is 0 Å². The molecule has 0 bridgehead atoms. The molecule has 2 heteroatoms. The zero-order chi connectivity index (χ0) is 13.4. The fourth-order valence-electron chi connectivity index (χ4n) is 2.94. The molecule has 2 nitrogen and oxygen atoms in total. The molecule has 0 saturated heterocycles. The molecular formula is C17H19NO. The predicted octanol–water partition coefficient (Wildman–Crippen LogP) is 3.35. The number of aryl methyl sites for hydroxylation is 2. The van der Waals surface area contributed by atoms with E-state index in [1.165, 1.54) is 16.7 Å². The first-order chi connectivity index (χ1) is 9.15. The first-order valence-electron chi connectivity index (χ1n) is 6.77. The Balaban J connectivity index is 2.04. The fourth-order valence-corrected chi connectivity index (χ4v) is 2.94. The van der Waals surface area contributed by atoms with Gasteiger partial charge >= 0.3 is 0 Å². The Morgan fingerprint density at radius 2 is 1.84 bits per heavy atom. The van der Waals surface area contributed by atoms with Crippen LogP contribution in [0.25, 0.3) is 0 Å². The SMILES string of the molecule is Cc1cc(C)cc(C(O)c2cccc3c2NCC3)c1. The molecule has 0 aromatic heterocycles.